The molecule has 1 unspecified atom stereocenters. The highest BCUT2D eigenvalue weighted by Gasteiger charge is 2.11. The number of nitrogens with two attached hydrogens (primary N) is 1. The Morgan fingerprint density at radius 1 is 1.60 bits per heavy atom. The summed E-state index contributed by atoms with van der Waals surface area (Å²) in [6.45, 7) is 3.89. The molecule has 0 saturated carbocycles. The van der Waals surface area contributed by atoms with Gasteiger partial charge in [-0.15, -0.1) is 12.4 Å². The average molecular weight is 168 g/mol. The van der Waals surface area contributed by atoms with Gasteiger partial charge in [0.05, 0.1) is 0 Å². The topological polar surface area (TPSA) is 63.3 Å². The molecule has 3 nitrogen and oxygen atoms in total. The van der Waals surface area contributed by atoms with Gasteiger partial charge in [0.2, 0.25) is 0 Å². The lowest BCUT2D eigenvalue weighted by molar-refractivity contribution is -0.138. The molecule has 0 aromatic carbocycles. The van der Waals surface area contributed by atoms with Gasteiger partial charge in [0.25, 0.3) is 0 Å². The molecule has 62 valence electrons. The second-order valence-electron chi connectivity index (χ2n) is 2.57. The van der Waals surface area contributed by atoms with Gasteiger partial charge in [0, 0.05) is 0 Å². The maximum absolute atomic E-state index is 10.1. The molecule has 0 fully saturated rings. The third kappa shape index (κ3) is 5.85. The molecule has 0 aliphatic carbocycles. The van der Waals surface area contributed by atoms with Crippen molar-refractivity contribution < 1.29 is 9.90 Å². The molecular weight excluding hydrogens is 154 g/mol. The summed E-state index contributed by atoms with van der Waals surface area (Å²) in [5.41, 5.74) is 5.22. The molecule has 0 radical (unpaired) electrons. The fraction of sp³-hybridized carbons (Fsp3) is 0.833. The van der Waals surface area contributed by atoms with Crippen molar-refractivity contribution >= 4 is 18.4 Å². The lowest BCUT2D eigenvalue weighted by atomic mass is 10.1. The number of aliphatic carboxylic acids is 1. The molecule has 0 amide bonds. The van der Waals surface area contributed by atoms with Crippen molar-refractivity contribution in [3.05, 3.63) is 0 Å². The zero-order valence-corrected chi connectivity index (χ0v) is 7.02. The van der Waals surface area contributed by atoms with Crippen molar-refractivity contribution in [1.82, 2.24) is 0 Å². The molecular formula is C6H14ClNO2. The molecule has 0 spiro atoms. The molecule has 3 N–H and O–H groups in total. The third-order valence-corrected chi connectivity index (χ3v) is 1.04. The first kappa shape index (κ1) is 12.4. The van der Waals surface area contributed by atoms with Crippen molar-refractivity contribution in [2.24, 2.45) is 11.7 Å². The molecule has 1 atom stereocenters. The molecule has 0 rings (SSSR count). The van der Waals surface area contributed by atoms with E-state index in [-0.39, 0.29) is 12.4 Å². The number of halogens is 1. The van der Waals surface area contributed by atoms with Gasteiger partial charge in [0.15, 0.2) is 0 Å². The highest BCUT2D eigenvalue weighted by atomic mass is 35.5. The van der Waals surface area contributed by atoms with Crippen LogP contribution in [-0.4, -0.2) is 17.1 Å². The van der Waals surface area contributed by atoms with Gasteiger partial charge in [-0.05, 0) is 12.3 Å². The van der Waals surface area contributed by atoms with E-state index >= 15 is 0 Å². The van der Waals surface area contributed by atoms with Crippen LogP contribution in [0, 0.1) is 5.92 Å². The van der Waals surface area contributed by atoms with Gasteiger partial charge in [-0.1, -0.05) is 13.8 Å². The zero-order valence-electron chi connectivity index (χ0n) is 6.20. The maximum atomic E-state index is 10.1. The van der Waals surface area contributed by atoms with E-state index in [1.807, 2.05) is 13.8 Å². The number of hydrogen-bond acceptors (Lipinski definition) is 2. The minimum atomic E-state index is -0.913. The van der Waals surface area contributed by atoms with E-state index in [9.17, 15) is 4.79 Å². The summed E-state index contributed by atoms with van der Waals surface area (Å²) in [7, 11) is 0. The van der Waals surface area contributed by atoms with Crippen LogP contribution in [0.5, 0.6) is 0 Å². The molecule has 0 heterocycles. The summed E-state index contributed by atoms with van der Waals surface area (Å²) in [6.07, 6.45) is 0.551. The van der Waals surface area contributed by atoms with Crippen LogP contribution < -0.4 is 5.73 Å². The predicted octanol–water partition coefficient (Wildman–Crippen LogP) is 0.866. The van der Waals surface area contributed by atoms with Gasteiger partial charge in [-0.25, -0.2) is 0 Å². The normalized spacial score (nSPS) is 12.4. The smallest absolute Gasteiger partial charge is 0.320 e. The SMILES string of the molecule is CC(C)CC(N)C(=O)O.Cl. The van der Waals surface area contributed by atoms with Crippen LogP contribution in [0.3, 0.4) is 0 Å². The Kier molecular flexibility index (Phi) is 6.82. The van der Waals surface area contributed by atoms with Crippen molar-refractivity contribution in [2.45, 2.75) is 26.3 Å². The Labute approximate surface area is 67.0 Å². The van der Waals surface area contributed by atoms with Gasteiger partial charge < -0.3 is 10.8 Å². The first-order valence-corrected chi connectivity index (χ1v) is 3.02. The lowest BCUT2D eigenvalue weighted by Crippen LogP contribution is -2.31. The van der Waals surface area contributed by atoms with Crippen molar-refractivity contribution in [1.29, 1.82) is 0 Å². The Hall–Kier alpha value is -0.280. The van der Waals surface area contributed by atoms with Crippen LogP contribution in [0.2, 0.25) is 0 Å². The molecule has 0 aromatic rings. The van der Waals surface area contributed by atoms with Gasteiger partial charge in [0.1, 0.15) is 6.04 Å². The van der Waals surface area contributed by atoms with Gasteiger partial charge in [-0.3, -0.25) is 4.79 Å². The Morgan fingerprint density at radius 2 is 2.00 bits per heavy atom. The monoisotopic (exact) mass is 167 g/mol. The fourth-order valence-electron chi connectivity index (χ4n) is 0.609. The van der Waals surface area contributed by atoms with E-state index in [0.29, 0.717) is 12.3 Å². The van der Waals surface area contributed by atoms with E-state index in [1.54, 1.807) is 0 Å². The van der Waals surface area contributed by atoms with Crippen LogP contribution >= 0.6 is 12.4 Å². The van der Waals surface area contributed by atoms with E-state index in [1.165, 1.54) is 0 Å². The molecule has 4 heteroatoms. The van der Waals surface area contributed by atoms with E-state index < -0.39 is 12.0 Å². The lowest BCUT2D eigenvalue weighted by Gasteiger charge is -2.07. The van der Waals surface area contributed by atoms with Crippen LogP contribution in [0.25, 0.3) is 0 Å². The maximum Gasteiger partial charge on any atom is 0.320 e. The summed E-state index contributed by atoms with van der Waals surface area (Å²) in [6, 6.07) is -0.690. The molecule has 0 aliphatic heterocycles. The second-order valence-corrected chi connectivity index (χ2v) is 2.57. The quantitative estimate of drug-likeness (QED) is 0.656. The van der Waals surface area contributed by atoms with E-state index in [2.05, 4.69) is 0 Å². The zero-order chi connectivity index (χ0) is 7.44. The van der Waals surface area contributed by atoms with Crippen LogP contribution in [-0.2, 0) is 4.79 Å². The predicted molar refractivity (Wildman–Crippen MR) is 42.3 cm³/mol. The van der Waals surface area contributed by atoms with Crippen molar-refractivity contribution in [2.75, 3.05) is 0 Å². The second kappa shape index (κ2) is 5.50. The first-order chi connectivity index (χ1) is 4.04. The van der Waals surface area contributed by atoms with Crippen molar-refractivity contribution in [3.8, 4) is 0 Å². The average Bonchev–Trinajstić information content (AvgIpc) is 1.63. The largest absolute Gasteiger partial charge is 0.480 e. The number of carboxylic acids is 1. The minimum Gasteiger partial charge on any atom is -0.480 e. The molecule has 10 heavy (non-hydrogen) atoms. The summed E-state index contributed by atoms with van der Waals surface area (Å²) in [4.78, 5) is 10.1. The van der Waals surface area contributed by atoms with Crippen LogP contribution in [0.15, 0.2) is 0 Å². The number of carbonyl (C=O) groups is 1. The third-order valence-electron chi connectivity index (χ3n) is 1.04. The highest BCUT2D eigenvalue weighted by molar-refractivity contribution is 5.85. The van der Waals surface area contributed by atoms with Crippen LogP contribution in [0.1, 0.15) is 20.3 Å². The summed E-state index contributed by atoms with van der Waals surface area (Å²) < 4.78 is 0. The molecule has 0 aliphatic rings. The van der Waals surface area contributed by atoms with E-state index in [4.69, 9.17) is 10.8 Å². The van der Waals surface area contributed by atoms with Gasteiger partial charge >= 0.3 is 5.97 Å². The van der Waals surface area contributed by atoms with Crippen molar-refractivity contribution in [3.63, 3.8) is 0 Å². The Morgan fingerprint density at radius 3 is 2.10 bits per heavy atom. The summed E-state index contributed by atoms with van der Waals surface area (Å²) >= 11 is 0. The number of rotatable bonds is 3. The summed E-state index contributed by atoms with van der Waals surface area (Å²) in [5, 5.41) is 8.31. The Bertz CT molecular complexity index is 106. The highest BCUT2D eigenvalue weighted by Crippen LogP contribution is 2.01. The molecule has 0 aromatic heterocycles. The van der Waals surface area contributed by atoms with E-state index in [0.717, 1.165) is 0 Å². The number of carboxylic acid groups (broad SMARTS) is 1. The Balaban J connectivity index is 0. The minimum absolute atomic E-state index is 0. The van der Waals surface area contributed by atoms with Crippen LogP contribution in [0.4, 0.5) is 0 Å². The fourth-order valence-corrected chi connectivity index (χ4v) is 0.609. The first-order valence-electron chi connectivity index (χ1n) is 3.02. The molecule has 0 saturated heterocycles. The summed E-state index contributed by atoms with van der Waals surface area (Å²) in [5.74, 6) is -0.556. The standard InChI is InChI=1S/C6H13NO2.ClH/c1-4(2)3-5(7)6(8)9;/h4-5H,3,7H2,1-2H3,(H,8,9);1H. The molecule has 0 bridgehead atoms. The number of hydrogen-bond donors (Lipinski definition) is 2. The van der Waals surface area contributed by atoms with Gasteiger partial charge in [-0.2, -0.15) is 0 Å².